The van der Waals surface area contributed by atoms with Crippen LogP contribution < -0.4 is 10.1 Å². The van der Waals surface area contributed by atoms with E-state index in [0.29, 0.717) is 13.2 Å². The van der Waals surface area contributed by atoms with Crippen LogP contribution in [0.5, 0.6) is 5.75 Å². The maximum absolute atomic E-state index is 11.8. The van der Waals surface area contributed by atoms with E-state index in [1.165, 1.54) is 5.56 Å². The van der Waals surface area contributed by atoms with Crippen molar-refractivity contribution in [3.05, 3.63) is 59.7 Å². The number of rotatable bonds is 9. The van der Waals surface area contributed by atoms with Gasteiger partial charge in [0.1, 0.15) is 12.4 Å². The van der Waals surface area contributed by atoms with Gasteiger partial charge in [-0.05, 0) is 56.5 Å². The van der Waals surface area contributed by atoms with Gasteiger partial charge in [-0.15, -0.1) is 0 Å². The molecule has 0 heterocycles. The molecule has 1 N–H and O–H groups in total. The molecule has 2 aromatic rings. The molecular weight excluding hydrogens is 302 g/mol. The summed E-state index contributed by atoms with van der Waals surface area (Å²) < 4.78 is 11.0. The van der Waals surface area contributed by atoms with E-state index in [1.54, 1.807) is 0 Å². The first-order chi connectivity index (χ1) is 11.6. The minimum absolute atomic E-state index is 0.0762. The van der Waals surface area contributed by atoms with Crippen molar-refractivity contribution in [3.8, 4) is 5.75 Å². The van der Waals surface area contributed by atoms with Crippen LogP contribution in [-0.2, 0) is 9.53 Å². The topological polar surface area (TPSA) is 47.6 Å². The molecule has 2 rings (SSSR count). The Morgan fingerprint density at radius 3 is 2.46 bits per heavy atom. The standard InChI is InChI=1S/C20H25NO3/c1-16-8-10-19(11-9-16)24-13-4-3-12-23-15-20(22)21-18-7-5-6-17(2)14-18/h5-11,14H,3-4,12-13,15H2,1-2H3,(H,21,22). The fraction of sp³-hybridized carbons (Fsp3) is 0.350. The van der Waals surface area contributed by atoms with Crippen molar-refractivity contribution in [2.75, 3.05) is 25.1 Å². The minimum atomic E-state index is -0.128. The van der Waals surface area contributed by atoms with E-state index in [2.05, 4.69) is 12.2 Å². The molecule has 0 aromatic heterocycles. The number of carbonyl (C=O) groups excluding carboxylic acids is 1. The first-order valence-electron chi connectivity index (χ1n) is 8.27. The van der Waals surface area contributed by atoms with E-state index in [0.717, 1.165) is 29.8 Å². The van der Waals surface area contributed by atoms with Crippen molar-refractivity contribution >= 4 is 11.6 Å². The number of nitrogens with one attached hydrogen (secondary N) is 1. The highest BCUT2D eigenvalue weighted by Gasteiger charge is 2.02. The Bertz CT molecular complexity index is 638. The van der Waals surface area contributed by atoms with Crippen LogP contribution in [0, 0.1) is 13.8 Å². The van der Waals surface area contributed by atoms with E-state index in [4.69, 9.17) is 9.47 Å². The molecule has 0 aliphatic rings. The van der Waals surface area contributed by atoms with Gasteiger partial charge in [0, 0.05) is 12.3 Å². The predicted octanol–water partition coefficient (Wildman–Crippen LogP) is 4.12. The summed E-state index contributed by atoms with van der Waals surface area (Å²) in [5.74, 6) is 0.760. The van der Waals surface area contributed by atoms with E-state index in [9.17, 15) is 4.79 Å². The number of carbonyl (C=O) groups is 1. The second-order valence-electron chi connectivity index (χ2n) is 5.84. The van der Waals surface area contributed by atoms with Crippen molar-refractivity contribution < 1.29 is 14.3 Å². The maximum atomic E-state index is 11.8. The summed E-state index contributed by atoms with van der Waals surface area (Å²) in [7, 11) is 0. The zero-order chi connectivity index (χ0) is 17.2. The summed E-state index contributed by atoms with van der Waals surface area (Å²) in [6.07, 6.45) is 1.76. The average molecular weight is 327 g/mol. The van der Waals surface area contributed by atoms with Crippen LogP contribution >= 0.6 is 0 Å². The monoisotopic (exact) mass is 327 g/mol. The van der Waals surface area contributed by atoms with Crippen molar-refractivity contribution in [1.82, 2.24) is 0 Å². The molecule has 0 aliphatic carbocycles. The third-order valence-electron chi connectivity index (χ3n) is 3.51. The van der Waals surface area contributed by atoms with Crippen LogP contribution in [0.15, 0.2) is 48.5 Å². The van der Waals surface area contributed by atoms with Crippen molar-refractivity contribution in [2.45, 2.75) is 26.7 Å². The summed E-state index contributed by atoms with van der Waals surface area (Å²) >= 11 is 0. The van der Waals surface area contributed by atoms with Gasteiger partial charge in [0.15, 0.2) is 0 Å². The SMILES string of the molecule is Cc1ccc(OCCCCOCC(=O)Nc2cccc(C)c2)cc1. The zero-order valence-electron chi connectivity index (χ0n) is 14.4. The summed E-state index contributed by atoms with van der Waals surface area (Å²) in [5.41, 5.74) is 3.14. The molecule has 4 heteroatoms. The first-order valence-corrected chi connectivity index (χ1v) is 8.27. The molecule has 0 unspecified atom stereocenters. The molecule has 0 aliphatic heterocycles. The number of aryl methyl sites for hydroxylation is 2. The number of anilines is 1. The summed E-state index contributed by atoms with van der Waals surface area (Å²) in [6, 6.07) is 15.7. The average Bonchev–Trinajstić information content (AvgIpc) is 2.55. The predicted molar refractivity (Wildman–Crippen MR) is 96.5 cm³/mol. The molecule has 1 amide bonds. The fourth-order valence-electron chi connectivity index (χ4n) is 2.22. The maximum Gasteiger partial charge on any atom is 0.250 e. The zero-order valence-corrected chi connectivity index (χ0v) is 14.4. The Balaban J connectivity index is 1.51. The molecule has 0 saturated heterocycles. The van der Waals surface area contributed by atoms with Crippen LogP contribution in [0.3, 0.4) is 0 Å². The van der Waals surface area contributed by atoms with Crippen LogP contribution in [0.25, 0.3) is 0 Å². The molecule has 4 nitrogen and oxygen atoms in total. The van der Waals surface area contributed by atoms with Crippen LogP contribution in [0.4, 0.5) is 5.69 Å². The molecule has 0 radical (unpaired) electrons. The molecule has 0 spiro atoms. The lowest BCUT2D eigenvalue weighted by molar-refractivity contribution is -0.120. The number of unbranched alkanes of at least 4 members (excludes halogenated alkanes) is 1. The van der Waals surface area contributed by atoms with Crippen LogP contribution in [0.1, 0.15) is 24.0 Å². The number of hydrogen-bond donors (Lipinski definition) is 1. The van der Waals surface area contributed by atoms with Gasteiger partial charge in [0.25, 0.3) is 0 Å². The number of ether oxygens (including phenoxy) is 2. The Labute approximate surface area is 143 Å². The molecule has 0 atom stereocenters. The molecule has 0 saturated carbocycles. The van der Waals surface area contributed by atoms with Gasteiger partial charge in [0.2, 0.25) is 5.91 Å². The molecule has 128 valence electrons. The minimum Gasteiger partial charge on any atom is -0.494 e. The number of hydrogen-bond acceptors (Lipinski definition) is 3. The van der Waals surface area contributed by atoms with Crippen molar-refractivity contribution in [1.29, 1.82) is 0 Å². The third kappa shape index (κ3) is 6.84. The smallest absolute Gasteiger partial charge is 0.250 e. The lowest BCUT2D eigenvalue weighted by Crippen LogP contribution is -2.18. The van der Waals surface area contributed by atoms with E-state index in [1.807, 2.05) is 55.5 Å². The molecule has 24 heavy (non-hydrogen) atoms. The highest BCUT2D eigenvalue weighted by atomic mass is 16.5. The summed E-state index contributed by atoms with van der Waals surface area (Å²) in [6.45, 7) is 5.33. The van der Waals surface area contributed by atoms with Gasteiger partial charge >= 0.3 is 0 Å². The lowest BCUT2D eigenvalue weighted by atomic mass is 10.2. The second-order valence-corrected chi connectivity index (χ2v) is 5.84. The lowest BCUT2D eigenvalue weighted by Gasteiger charge is -2.08. The Kier molecular flexibility index (Phi) is 7.30. The van der Waals surface area contributed by atoms with Gasteiger partial charge in [-0.25, -0.2) is 0 Å². The summed E-state index contributed by atoms with van der Waals surface area (Å²) in [5, 5.41) is 2.82. The van der Waals surface area contributed by atoms with Crippen LogP contribution in [0.2, 0.25) is 0 Å². The van der Waals surface area contributed by atoms with Crippen LogP contribution in [-0.4, -0.2) is 25.7 Å². The molecule has 0 fully saturated rings. The van der Waals surface area contributed by atoms with Gasteiger partial charge in [-0.2, -0.15) is 0 Å². The largest absolute Gasteiger partial charge is 0.494 e. The second kappa shape index (κ2) is 9.73. The van der Waals surface area contributed by atoms with Gasteiger partial charge in [-0.1, -0.05) is 29.8 Å². The Morgan fingerprint density at radius 1 is 0.958 bits per heavy atom. The number of benzene rings is 2. The Morgan fingerprint density at radius 2 is 1.71 bits per heavy atom. The molecule has 0 bridgehead atoms. The van der Waals surface area contributed by atoms with Crippen molar-refractivity contribution in [3.63, 3.8) is 0 Å². The van der Waals surface area contributed by atoms with E-state index in [-0.39, 0.29) is 12.5 Å². The normalized spacial score (nSPS) is 10.4. The Hall–Kier alpha value is -2.33. The van der Waals surface area contributed by atoms with Gasteiger partial charge in [0.05, 0.1) is 6.61 Å². The van der Waals surface area contributed by atoms with E-state index >= 15 is 0 Å². The van der Waals surface area contributed by atoms with Gasteiger partial charge < -0.3 is 14.8 Å². The highest BCUT2D eigenvalue weighted by molar-refractivity contribution is 5.91. The molecular formula is C20H25NO3. The fourth-order valence-corrected chi connectivity index (χ4v) is 2.22. The quantitative estimate of drug-likeness (QED) is 0.705. The van der Waals surface area contributed by atoms with Crippen molar-refractivity contribution in [2.24, 2.45) is 0 Å². The highest BCUT2D eigenvalue weighted by Crippen LogP contribution is 2.12. The summed E-state index contributed by atoms with van der Waals surface area (Å²) in [4.78, 5) is 11.8. The third-order valence-corrected chi connectivity index (χ3v) is 3.51. The molecule has 2 aromatic carbocycles. The van der Waals surface area contributed by atoms with Gasteiger partial charge in [-0.3, -0.25) is 4.79 Å². The van der Waals surface area contributed by atoms with E-state index < -0.39 is 0 Å². The first kappa shape index (κ1) is 18.0. The number of amides is 1.